The fourth-order valence-electron chi connectivity index (χ4n) is 5.45. The third kappa shape index (κ3) is 6.49. The molecule has 29 heavy (non-hydrogen) atoms. The Kier molecular flexibility index (Phi) is 8.44. The minimum absolute atomic E-state index is 0.319. The summed E-state index contributed by atoms with van der Waals surface area (Å²) >= 11 is 0. The van der Waals surface area contributed by atoms with Crippen LogP contribution in [-0.4, -0.2) is 11.8 Å². The largest absolute Gasteiger partial charge is 0.514 e. The molecule has 0 aliphatic heterocycles. The molecule has 0 heterocycles. The molecule has 3 heteroatoms. The lowest BCUT2D eigenvalue weighted by Gasteiger charge is -2.42. The number of hydrogen-bond donors (Lipinski definition) is 0. The molecule has 0 atom stereocenters. The van der Waals surface area contributed by atoms with Crippen molar-refractivity contribution in [2.75, 3.05) is 0 Å². The summed E-state index contributed by atoms with van der Waals surface area (Å²) in [6, 6.07) is 7.83. The molecule has 3 rings (SSSR count). The van der Waals surface area contributed by atoms with Crippen LogP contribution in [0, 0.1) is 11.8 Å². The van der Waals surface area contributed by atoms with Crippen molar-refractivity contribution in [3.8, 4) is 5.75 Å². The molecule has 0 amide bonds. The van der Waals surface area contributed by atoms with Crippen molar-refractivity contribution < 1.29 is 14.3 Å². The van der Waals surface area contributed by atoms with Crippen LogP contribution in [-0.2, 0) is 11.2 Å². The smallest absolute Gasteiger partial charge is 0.427 e. The van der Waals surface area contributed by atoms with E-state index < -0.39 is 6.16 Å². The summed E-state index contributed by atoms with van der Waals surface area (Å²) < 4.78 is 11.6. The zero-order chi connectivity index (χ0) is 20.5. The van der Waals surface area contributed by atoms with Gasteiger partial charge in [0, 0.05) is 0 Å². The Morgan fingerprint density at radius 3 is 2.21 bits per heavy atom. The first-order valence-electron chi connectivity index (χ1n) is 12.1. The van der Waals surface area contributed by atoms with E-state index in [1.165, 1.54) is 50.5 Å². The van der Waals surface area contributed by atoms with Gasteiger partial charge < -0.3 is 9.47 Å². The molecule has 0 unspecified atom stereocenters. The van der Waals surface area contributed by atoms with Crippen molar-refractivity contribution in [2.45, 2.75) is 109 Å². The third-order valence-electron chi connectivity index (χ3n) is 7.21. The SMILES string of the molecule is CCCCC1(OC(=O)Oc2ccc(CCC)cc2)CCC(C2CCCCC2)CC1. The molecule has 0 radical (unpaired) electrons. The zero-order valence-electron chi connectivity index (χ0n) is 18.6. The van der Waals surface area contributed by atoms with Gasteiger partial charge in [0.15, 0.2) is 0 Å². The Morgan fingerprint density at radius 1 is 0.931 bits per heavy atom. The van der Waals surface area contributed by atoms with Crippen LogP contribution >= 0.6 is 0 Å². The van der Waals surface area contributed by atoms with E-state index in [-0.39, 0.29) is 5.60 Å². The van der Waals surface area contributed by atoms with Gasteiger partial charge >= 0.3 is 6.16 Å². The van der Waals surface area contributed by atoms with Crippen LogP contribution in [0.25, 0.3) is 0 Å². The second kappa shape index (κ2) is 11.0. The summed E-state index contributed by atoms with van der Waals surface area (Å²) in [6.45, 7) is 4.37. The quantitative estimate of drug-likeness (QED) is 0.329. The molecule has 2 saturated carbocycles. The lowest BCUT2D eigenvalue weighted by molar-refractivity contribution is -0.0582. The van der Waals surface area contributed by atoms with Crippen molar-refractivity contribution in [1.82, 2.24) is 0 Å². The van der Waals surface area contributed by atoms with Crippen LogP contribution in [0.3, 0.4) is 0 Å². The summed E-state index contributed by atoms with van der Waals surface area (Å²) in [5.74, 6) is 2.31. The summed E-state index contributed by atoms with van der Waals surface area (Å²) in [4.78, 5) is 12.6. The van der Waals surface area contributed by atoms with Crippen LogP contribution in [0.5, 0.6) is 5.75 Å². The van der Waals surface area contributed by atoms with E-state index in [0.717, 1.165) is 56.8 Å². The van der Waals surface area contributed by atoms with Gasteiger partial charge in [0.25, 0.3) is 0 Å². The van der Waals surface area contributed by atoms with Crippen molar-refractivity contribution >= 4 is 6.16 Å². The van der Waals surface area contributed by atoms with Crippen molar-refractivity contribution in [2.24, 2.45) is 11.8 Å². The predicted molar refractivity (Wildman–Crippen MR) is 118 cm³/mol. The fourth-order valence-corrected chi connectivity index (χ4v) is 5.45. The summed E-state index contributed by atoms with van der Waals surface area (Å²) in [5, 5.41) is 0. The van der Waals surface area contributed by atoms with E-state index >= 15 is 0 Å². The van der Waals surface area contributed by atoms with Crippen LogP contribution in [0.2, 0.25) is 0 Å². The van der Waals surface area contributed by atoms with E-state index in [1.54, 1.807) is 0 Å². The normalized spacial score (nSPS) is 25.5. The average molecular weight is 401 g/mol. The van der Waals surface area contributed by atoms with E-state index in [9.17, 15) is 4.79 Å². The molecule has 0 aromatic heterocycles. The van der Waals surface area contributed by atoms with Gasteiger partial charge in [-0.15, -0.1) is 0 Å². The van der Waals surface area contributed by atoms with Crippen LogP contribution in [0.4, 0.5) is 4.79 Å². The minimum atomic E-state index is -0.527. The Hall–Kier alpha value is -1.51. The number of rotatable bonds is 8. The lowest BCUT2D eigenvalue weighted by Crippen LogP contribution is -2.41. The first-order chi connectivity index (χ1) is 14.1. The van der Waals surface area contributed by atoms with E-state index in [1.807, 2.05) is 24.3 Å². The van der Waals surface area contributed by atoms with Gasteiger partial charge in [0.1, 0.15) is 11.4 Å². The first-order valence-corrected chi connectivity index (χ1v) is 12.1. The number of unbranched alkanes of at least 4 members (excludes halogenated alkanes) is 1. The number of benzene rings is 1. The second-order valence-electron chi connectivity index (χ2n) is 9.37. The first kappa shape index (κ1) is 22.2. The van der Waals surface area contributed by atoms with E-state index in [2.05, 4.69) is 13.8 Å². The zero-order valence-corrected chi connectivity index (χ0v) is 18.6. The van der Waals surface area contributed by atoms with Crippen molar-refractivity contribution in [3.05, 3.63) is 29.8 Å². The van der Waals surface area contributed by atoms with Gasteiger partial charge in [-0.25, -0.2) is 4.79 Å². The Labute approximate surface area is 177 Å². The van der Waals surface area contributed by atoms with Gasteiger partial charge in [-0.3, -0.25) is 0 Å². The number of carbonyl (C=O) groups is 1. The Bertz CT molecular complexity index is 607. The van der Waals surface area contributed by atoms with Crippen LogP contribution < -0.4 is 4.74 Å². The molecule has 0 saturated heterocycles. The molecule has 2 aliphatic rings. The highest BCUT2D eigenvalue weighted by atomic mass is 16.7. The third-order valence-corrected chi connectivity index (χ3v) is 7.21. The maximum absolute atomic E-state index is 12.6. The van der Waals surface area contributed by atoms with Gasteiger partial charge in [-0.05, 0) is 74.5 Å². The molecule has 0 spiro atoms. The Balaban J connectivity index is 1.56. The second-order valence-corrected chi connectivity index (χ2v) is 9.37. The summed E-state index contributed by atoms with van der Waals surface area (Å²) in [7, 11) is 0. The molecule has 0 N–H and O–H groups in total. The molecule has 2 fully saturated rings. The molecular weight excluding hydrogens is 360 g/mol. The van der Waals surface area contributed by atoms with Gasteiger partial charge in [0.05, 0.1) is 0 Å². The van der Waals surface area contributed by atoms with E-state index in [0.29, 0.717) is 5.75 Å². The highest BCUT2D eigenvalue weighted by molar-refractivity contribution is 5.64. The standard InChI is InChI=1S/C26H40O3/c1-3-5-18-26(19-16-23(17-20-26)22-10-7-6-8-11-22)29-25(27)28-24-14-12-21(9-4-2)13-15-24/h12-15,22-23H,3-11,16-20H2,1-2H3. The monoisotopic (exact) mass is 400 g/mol. The number of hydrogen-bond acceptors (Lipinski definition) is 3. The van der Waals surface area contributed by atoms with Crippen molar-refractivity contribution in [3.63, 3.8) is 0 Å². The topological polar surface area (TPSA) is 35.5 Å². The molecule has 0 bridgehead atoms. The van der Waals surface area contributed by atoms with E-state index in [4.69, 9.17) is 9.47 Å². The van der Waals surface area contributed by atoms with Gasteiger partial charge in [0.2, 0.25) is 0 Å². The Morgan fingerprint density at radius 2 is 1.59 bits per heavy atom. The van der Waals surface area contributed by atoms with Crippen LogP contribution in [0.15, 0.2) is 24.3 Å². The predicted octanol–water partition coefficient (Wildman–Crippen LogP) is 7.85. The van der Waals surface area contributed by atoms with Gasteiger partial charge in [-0.2, -0.15) is 0 Å². The van der Waals surface area contributed by atoms with Crippen LogP contribution in [0.1, 0.15) is 103 Å². The molecule has 3 nitrogen and oxygen atoms in total. The molecule has 162 valence electrons. The minimum Gasteiger partial charge on any atom is -0.427 e. The summed E-state index contributed by atoms with van der Waals surface area (Å²) in [6.07, 6.45) is 16.3. The molecular formula is C26H40O3. The molecule has 1 aromatic carbocycles. The molecule has 2 aliphatic carbocycles. The number of carbonyl (C=O) groups excluding carboxylic acids is 1. The maximum atomic E-state index is 12.6. The highest BCUT2D eigenvalue weighted by Crippen LogP contribution is 2.44. The summed E-state index contributed by atoms with van der Waals surface area (Å²) in [5.41, 5.74) is 0.953. The maximum Gasteiger partial charge on any atom is 0.514 e. The average Bonchev–Trinajstić information content (AvgIpc) is 2.75. The fraction of sp³-hybridized carbons (Fsp3) is 0.731. The lowest BCUT2D eigenvalue weighted by atomic mass is 9.68. The number of ether oxygens (including phenoxy) is 2. The highest BCUT2D eigenvalue weighted by Gasteiger charge is 2.40. The van der Waals surface area contributed by atoms with Gasteiger partial charge in [-0.1, -0.05) is 70.9 Å². The number of aryl methyl sites for hydroxylation is 1. The van der Waals surface area contributed by atoms with Crippen molar-refractivity contribution in [1.29, 1.82) is 0 Å². The molecule has 1 aromatic rings.